The molecule has 0 bridgehead atoms. The molecule has 2 N–H and O–H groups in total. The molecule has 0 amide bonds. The van der Waals surface area contributed by atoms with Gasteiger partial charge in [-0.3, -0.25) is 5.73 Å². The molecule has 10 heavy (non-hydrogen) atoms. The molecule has 0 spiro atoms. The van der Waals surface area contributed by atoms with Crippen molar-refractivity contribution in [3.8, 4) is 0 Å². The Bertz CT molecular complexity index is 128. The minimum absolute atomic E-state index is 0.646. The Kier molecular flexibility index (Phi) is 2.00. The van der Waals surface area contributed by atoms with Gasteiger partial charge in [-0.2, -0.15) is 0 Å². The molecule has 1 saturated heterocycles. The van der Waals surface area contributed by atoms with E-state index in [0.717, 1.165) is 25.9 Å². The van der Waals surface area contributed by atoms with Gasteiger partial charge >= 0.3 is 6.29 Å². The van der Waals surface area contributed by atoms with Crippen molar-refractivity contribution in [2.45, 2.75) is 18.4 Å². The van der Waals surface area contributed by atoms with Crippen molar-refractivity contribution in [1.82, 2.24) is 4.90 Å². The lowest BCUT2D eigenvalue weighted by molar-refractivity contribution is 0.227. The van der Waals surface area contributed by atoms with Crippen molar-refractivity contribution >= 4 is 6.29 Å². The summed E-state index contributed by atoms with van der Waals surface area (Å²) >= 11 is 0. The Morgan fingerprint density at radius 3 is 2.40 bits per heavy atom. The standard InChI is InChI=1S/C7H13N2O/c1-9-4-2-7(8,6-10)3-5-9/h2-5,8H2,1H3/q+1. The van der Waals surface area contributed by atoms with Crippen molar-refractivity contribution in [2.75, 3.05) is 20.1 Å². The number of nitrogens with two attached hydrogens (primary N) is 1. The van der Waals surface area contributed by atoms with Crippen molar-refractivity contribution in [3.63, 3.8) is 0 Å². The zero-order chi connectivity index (χ0) is 7.61. The quantitative estimate of drug-likeness (QED) is 0.502. The van der Waals surface area contributed by atoms with Crippen LogP contribution in [0.5, 0.6) is 0 Å². The molecule has 0 aromatic rings. The number of carbonyl (C=O) groups excluding carboxylic acids is 1. The third-order valence-corrected chi connectivity index (χ3v) is 2.08. The van der Waals surface area contributed by atoms with Gasteiger partial charge in [0.15, 0.2) is 0 Å². The maximum atomic E-state index is 10.3. The topological polar surface area (TPSA) is 46.3 Å². The number of hydrogen-bond donors (Lipinski definition) is 1. The van der Waals surface area contributed by atoms with Gasteiger partial charge in [0.05, 0.1) is 0 Å². The van der Waals surface area contributed by atoms with Crippen LogP contribution < -0.4 is 5.73 Å². The van der Waals surface area contributed by atoms with Crippen LogP contribution in [0.1, 0.15) is 12.8 Å². The maximum absolute atomic E-state index is 10.3. The van der Waals surface area contributed by atoms with Crippen molar-refractivity contribution in [2.24, 2.45) is 5.73 Å². The normalized spacial score (nSPS) is 25.8. The van der Waals surface area contributed by atoms with Crippen LogP contribution in [0.4, 0.5) is 0 Å². The first kappa shape index (κ1) is 7.61. The van der Waals surface area contributed by atoms with Crippen molar-refractivity contribution < 1.29 is 4.79 Å². The second-order valence-corrected chi connectivity index (χ2v) is 3.06. The molecule has 1 heterocycles. The highest BCUT2D eigenvalue weighted by Gasteiger charge is 2.42. The van der Waals surface area contributed by atoms with Gasteiger partial charge < -0.3 is 4.90 Å². The van der Waals surface area contributed by atoms with Crippen LogP contribution in [0, 0.1) is 0 Å². The summed E-state index contributed by atoms with van der Waals surface area (Å²) in [7, 11) is 2.03. The number of nitrogens with zero attached hydrogens (tertiary/aromatic N) is 1. The predicted molar refractivity (Wildman–Crippen MR) is 39.3 cm³/mol. The lowest BCUT2D eigenvalue weighted by Gasteiger charge is -2.25. The predicted octanol–water partition coefficient (Wildman–Crippen LogP) is -0.481. The Balaban J connectivity index is 2.46. The molecule has 0 aliphatic carbocycles. The summed E-state index contributed by atoms with van der Waals surface area (Å²) in [5, 5.41) is 0. The van der Waals surface area contributed by atoms with E-state index in [2.05, 4.69) is 4.90 Å². The Morgan fingerprint density at radius 2 is 2.00 bits per heavy atom. The Labute approximate surface area is 61.2 Å². The van der Waals surface area contributed by atoms with Crippen molar-refractivity contribution in [3.05, 3.63) is 0 Å². The highest BCUT2D eigenvalue weighted by atomic mass is 16.1. The van der Waals surface area contributed by atoms with Crippen LogP contribution in [-0.2, 0) is 4.79 Å². The third-order valence-electron chi connectivity index (χ3n) is 2.08. The SMILES string of the molecule is CN1CCC(N)([C+]=O)CC1. The monoisotopic (exact) mass is 141 g/mol. The number of rotatable bonds is 1. The van der Waals surface area contributed by atoms with E-state index in [9.17, 15) is 4.79 Å². The molecule has 3 nitrogen and oxygen atoms in total. The molecule has 1 fully saturated rings. The van der Waals surface area contributed by atoms with Crippen LogP contribution >= 0.6 is 0 Å². The molecule has 0 aromatic carbocycles. The first-order valence-electron chi connectivity index (χ1n) is 3.53. The van der Waals surface area contributed by atoms with Crippen molar-refractivity contribution in [1.29, 1.82) is 0 Å². The molecule has 0 saturated carbocycles. The smallest absolute Gasteiger partial charge is 0.306 e. The van der Waals surface area contributed by atoms with Crippen LogP contribution in [-0.4, -0.2) is 36.9 Å². The molecule has 1 aliphatic heterocycles. The molecule has 0 radical (unpaired) electrons. The molecule has 0 atom stereocenters. The van der Waals surface area contributed by atoms with Gasteiger partial charge in [-0.05, 0) is 7.05 Å². The van der Waals surface area contributed by atoms with Gasteiger partial charge in [-0.25, -0.2) is 0 Å². The summed E-state index contributed by atoms with van der Waals surface area (Å²) in [6.45, 7) is 1.82. The van der Waals surface area contributed by atoms with Gasteiger partial charge in [0, 0.05) is 30.7 Å². The van der Waals surface area contributed by atoms with Gasteiger partial charge in [-0.15, -0.1) is 0 Å². The molecule has 0 aromatic heterocycles. The average molecular weight is 141 g/mol. The van der Waals surface area contributed by atoms with Crippen LogP contribution in [0.15, 0.2) is 0 Å². The minimum Gasteiger partial charge on any atom is -0.306 e. The Morgan fingerprint density at radius 1 is 1.50 bits per heavy atom. The van der Waals surface area contributed by atoms with Crippen LogP contribution in [0.2, 0.25) is 0 Å². The fraction of sp³-hybridized carbons (Fsp3) is 0.857. The first-order chi connectivity index (χ1) is 4.66. The maximum Gasteiger partial charge on any atom is 0.529 e. The second-order valence-electron chi connectivity index (χ2n) is 3.06. The molecular formula is C7H13N2O+. The largest absolute Gasteiger partial charge is 0.529 e. The summed E-state index contributed by atoms with van der Waals surface area (Å²) in [6, 6.07) is 0. The zero-order valence-corrected chi connectivity index (χ0v) is 6.26. The summed E-state index contributed by atoms with van der Waals surface area (Å²) in [6.07, 6.45) is 3.39. The summed E-state index contributed by atoms with van der Waals surface area (Å²) in [4.78, 5) is 12.5. The van der Waals surface area contributed by atoms with E-state index in [1.54, 1.807) is 0 Å². The fourth-order valence-corrected chi connectivity index (χ4v) is 1.12. The van der Waals surface area contributed by atoms with Crippen LogP contribution in [0.3, 0.4) is 0 Å². The zero-order valence-electron chi connectivity index (χ0n) is 6.26. The van der Waals surface area contributed by atoms with Gasteiger partial charge in [0.1, 0.15) is 0 Å². The molecule has 3 heteroatoms. The molecular weight excluding hydrogens is 128 g/mol. The number of hydrogen-bond acceptors (Lipinski definition) is 3. The summed E-state index contributed by atoms with van der Waals surface area (Å²) in [5.74, 6) is 0. The Hall–Kier alpha value is -0.500. The lowest BCUT2D eigenvalue weighted by Crippen LogP contribution is -2.50. The van der Waals surface area contributed by atoms with Gasteiger partial charge in [0.2, 0.25) is 0 Å². The molecule has 0 unspecified atom stereocenters. The van der Waals surface area contributed by atoms with Gasteiger partial charge in [0.25, 0.3) is 5.54 Å². The second kappa shape index (κ2) is 2.62. The fourth-order valence-electron chi connectivity index (χ4n) is 1.12. The molecule has 1 aliphatic rings. The average Bonchev–Trinajstić information content (AvgIpc) is 1.96. The summed E-state index contributed by atoms with van der Waals surface area (Å²) in [5.41, 5.74) is 5.02. The van der Waals surface area contributed by atoms with E-state index in [1.807, 2.05) is 13.3 Å². The number of likely N-dealkylation sites (tertiary alicyclic amines) is 1. The van der Waals surface area contributed by atoms with E-state index in [1.165, 1.54) is 0 Å². The number of piperidine rings is 1. The highest BCUT2D eigenvalue weighted by Crippen LogP contribution is 2.15. The molecule has 1 rings (SSSR count). The first-order valence-corrected chi connectivity index (χ1v) is 3.53. The van der Waals surface area contributed by atoms with Crippen LogP contribution in [0.25, 0.3) is 0 Å². The van der Waals surface area contributed by atoms with E-state index in [0.29, 0.717) is 0 Å². The lowest BCUT2D eigenvalue weighted by atomic mass is 9.91. The minimum atomic E-state index is -0.646. The van der Waals surface area contributed by atoms with E-state index in [4.69, 9.17) is 5.73 Å². The molecule has 56 valence electrons. The van der Waals surface area contributed by atoms with E-state index < -0.39 is 5.54 Å². The van der Waals surface area contributed by atoms with Gasteiger partial charge in [-0.1, -0.05) is 0 Å². The third kappa shape index (κ3) is 1.51. The highest BCUT2D eigenvalue weighted by molar-refractivity contribution is 5.64. The van der Waals surface area contributed by atoms with E-state index in [-0.39, 0.29) is 0 Å². The van der Waals surface area contributed by atoms with E-state index >= 15 is 0 Å². The summed E-state index contributed by atoms with van der Waals surface area (Å²) < 4.78 is 0.